The van der Waals surface area contributed by atoms with Gasteiger partial charge in [0.2, 0.25) is 5.91 Å². The quantitative estimate of drug-likeness (QED) is 0.0770. The molecule has 344 valence electrons. The Bertz CT molecular complexity index is 1320. The van der Waals surface area contributed by atoms with Gasteiger partial charge >= 0.3 is 0 Å². The van der Waals surface area contributed by atoms with Gasteiger partial charge in [-0.25, -0.2) is 0 Å². The molecule has 5 aliphatic heterocycles. The summed E-state index contributed by atoms with van der Waals surface area (Å²) in [5, 5.41) is 169. The second-order valence-electron chi connectivity index (χ2n) is 14.7. The maximum absolute atomic E-state index is 12.4. The maximum Gasteiger partial charge on any atom is 0.217 e. The highest BCUT2D eigenvalue weighted by molar-refractivity contribution is 5.73. The standard InChI is InChI=1S/C32H55NO26/c1-7(39)33-13-26(58-30-21(47)17(43)14(40)8(2-34)53-30)15(41)9(3-35)52-29(13)59-27-16(42)10(4-36)54-32(23(27)49)57-25-12(6-38)55-31(22(48)19(25)45)56-24-11(5-37)51-28(50)20(46)18(24)44/h8-32,34-38,40-50H,2-6H2,1H3,(H,33,39)/t8-,9-,10-,11-,12-,13-,14-,15-,16-,17-,18+,19+,20-,21-,22-,23-,24+,25-,26+,27-,28+,29-,30-,31-,32+/m0/s1. The van der Waals surface area contributed by atoms with Gasteiger partial charge in [0.25, 0.3) is 0 Å². The number of rotatable bonds is 14. The normalized spacial score (nSPS) is 51.0. The molecule has 0 aromatic heterocycles. The van der Waals surface area contributed by atoms with E-state index in [2.05, 4.69) is 5.32 Å². The van der Waals surface area contributed by atoms with Crippen molar-refractivity contribution in [1.82, 2.24) is 5.32 Å². The number of ether oxygens (including phenoxy) is 9. The van der Waals surface area contributed by atoms with Crippen LogP contribution < -0.4 is 5.32 Å². The van der Waals surface area contributed by atoms with Gasteiger partial charge < -0.3 is 130 Å². The molecular formula is C32H55NO26. The van der Waals surface area contributed by atoms with Crippen LogP contribution in [0.3, 0.4) is 0 Å². The van der Waals surface area contributed by atoms with Crippen LogP contribution in [0.4, 0.5) is 0 Å². The van der Waals surface area contributed by atoms with Gasteiger partial charge in [-0.2, -0.15) is 0 Å². The van der Waals surface area contributed by atoms with Crippen molar-refractivity contribution in [3.63, 3.8) is 0 Å². The summed E-state index contributed by atoms with van der Waals surface area (Å²) < 4.78 is 50.1. The average molecular weight is 870 g/mol. The molecule has 5 heterocycles. The molecule has 59 heavy (non-hydrogen) atoms. The molecule has 0 saturated carbocycles. The summed E-state index contributed by atoms with van der Waals surface area (Å²) in [5.74, 6) is -0.805. The molecule has 5 fully saturated rings. The van der Waals surface area contributed by atoms with Crippen LogP contribution in [0.1, 0.15) is 6.92 Å². The zero-order valence-electron chi connectivity index (χ0n) is 31.2. The zero-order valence-corrected chi connectivity index (χ0v) is 31.2. The predicted octanol–water partition coefficient (Wildman–Crippen LogP) is -11.8. The van der Waals surface area contributed by atoms with E-state index in [9.17, 15) is 86.5 Å². The topological polar surface area (TPSA) is 436 Å². The molecule has 5 saturated heterocycles. The van der Waals surface area contributed by atoms with Crippen LogP contribution in [0.15, 0.2) is 0 Å². The number of hydrogen-bond acceptors (Lipinski definition) is 26. The number of carbonyl (C=O) groups is 1. The average Bonchev–Trinajstić information content (AvgIpc) is 3.21. The minimum absolute atomic E-state index is 0.805. The first-order valence-electron chi connectivity index (χ1n) is 18.6. The fraction of sp³-hybridized carbons (Fsp3) is 0.969. The summed E-state index contributed by atoms with van der Waals surface area (Å²) in [6.07, 6.45) is -44.4. The SMILES string of the molecule is CC(=O)N[C@@H]1[C@H](O[C@@H]2[C@H](O)[C@@H](O[C@@H]3[C@H](O)[C@H](O)[C@H](O[C@H]4[C@H](O)[C@H](O)[C@H](O)O[C@H]4CO)O[C@H]3CO)O[C@@H](CO)[C@@H]2O)O[C@@H](CO)[C@H](O)[C@@H]1O[C@@H]1O[C@@H](CO)[C@H](O)[C@H](O)[C@@H]1O. The maximum atomic E-state index is 12.4. The lowest BCUT2D eigenvalue weighted by atomic mass is 9.94. The van der Waals surface area contributed by atoms with Crippen molar-refractivity contribution in [2.45, 2.75) is 160 Å². The van der Waals surface area contributed by atoms with Crippen LogP contribution in [0, 0.1) is 0 Å². The van der Waals surface area contributed by atoms with Crippen LogP contribution >= 0.6 is 0 Å². The Kier molecular flexibility index (Phi) is 17.1. The van der Waals surface area contributed by atoms with Crippen molar-refractivity contribution >= 4 is 5.91 Å². The lowest BCUT2D eigenvalue weighted by molar-refractivity contribution is -0.388. The van der Waals surface area contributed by atoms with Gasteiger partial charge in [0.1, 0.15) is 122 Å². The molecule has 1 amide bonds. The molecule has 0 spiro atoms. The van der Waals surface area contributed by atoms with Gasteiger partial charge in [-0.15, -0.1) is 0 Å². The molecule has 0 aromatic carbocycles. The van der Waals surface area contributed by atoms with Crippen molar-refractivity contribution in [2.24, 2.45) is 0 Å². The van der Waals surface area contributed by atoms with E-state index < -0.39 is 192 Å². The Labute approximate surface area is 333 Å². The molecule has 17 N–H and O–H groups in total. The van der Waals surface area contributed by atoms with Gasteiger partial charge in [0.15, 0.2) is 31.5 Å². The van der Waals surface area contributed by atoms with E-state index >= 15 is 0 Å². The van der Waals surface area contributed by atoms with E-state index in [-0.39, 0.29) is 0 Å². The van der Waals surface area contributed by atoms with E-state index in [1.807, 2.05) is 0 Å². The number of nitrogens with one attached hydrogen (secondary N) is 1. The third kappa shape index (κ3) is 10.2. The van der Waals surface area contributed by atoms with Crippen molar-refractivity contribution in [2.75, 3.05) is 33.0 Å². The monoisotopic (exact) mass is 869 g/mol. The van der Waals surface area contributed by atoms with E-state index in [1.54, 1.807) is 0 Å². The molecule has 0 unspecified atom stereocenters. The second-order valence-corrected chi connectivity index (χ2v) is 14.7. The van der Waals surface area contributed by atoms with E-state index in [4.69, 9.17) is 42.6 Å². The zero-order chi connectivity index (χ0) is 43.6. The molecule has 0 aliphatic carbocycles. The molecule has 0 aromatic rings. The van der Waals surface area contributed by atoms with E-state index in [0.717, 1.165) is 6.92 Å². The first kappa shape index (κ1) is 48.5. The van der Waals surface area contributed by atoms with Crippen molar-refractivity contribution in [1.29, 1.82) is 0 Å². The summed E-state index contributed by atoms with van der Waals surface area (Å²) in [4.78, 5) is 12.4. The Morgan fingerprint density at radius 3 is 1.29 bits per heavy atom. The fourth-order valence-electron chi connectivity index (χ4n) is 7.43. The highest BCUT2D eigenvalue weighted by atomic mass is 16.8. The van der Waals surface area contributed by atoms with E-state index in [0.29, 0.717) is 0 Å². The molecule has 0 radical (unpaired) electrons. The molecule has 5 rings (SSSR count). The highest BCUT2D eigenvalue weighted by Crippen LogP contribution is 2.35. The van der Waals surface area contributed by atoms with Crippen molar-refractivity contribution in [3.05, 3.63) is 0 Å². The Morgan fingerprint density at radius 1 is 0.407 bits per heavy atom. The first-order chi connectivity index (χ1) is 27.9. The smallest absolute Gasteiger partial charge is 0.217 e. The van der Waals surface area contributed by atoms with Gasteiger partial charge in [0.05, 0.1) is 33.0 Å². The molecule has 25 atom stereocenters. The summed E-state index contributed by atoms with van der Waals surface area (Å²) in [6, 6.07) is -1.67. The summed E-state index contributed by atoms with van der Waals surface area (Å²) >= 11 is 0. The van der Waals surface area contributed by atoms with Crippen molar-refractivity contribution < 1.29 is 129 Å². The Hall–Kier alpha value is -1.53. The lowest BCUT2D eigenvalue weighted by Crippen LogP contribution is -2.70. The summed E-state index contributed by atoms with van der Waals surface area (Å²) in [7, 11) is 0. The predicted molar refractivity (Wildman–Crippen MR) is 178 cm³/mol. The molecule has 27 nitrogen and oxygen atoms in total. The van der Waals surface area contributed by atoms with Gasteiger partial charge in [-0.1, -0.05) is 0 Å². The molecule has 5 aliphatic rings. The fourth-order valence-corrected chi connectivity index (χ4v) is 7.43. The summed E-state index contributed by atoms with van der Waals surface area (Å²) in [5.41, 5.74) is 0. The number of hydrogen-bond donors (Lipinski definition) is 17. The largest absolute Gasteiger partial charge is 0.394 e. The Morgan fingerprint density at radius 2 is 0.780 bits per heavy atom. The van der Waals surface area contributed by atoms with Crippen LogP contribution in [0.5, 0.6) is 0 Å². The Balaban J connectivity index is 1.35. The first-order valence-corrected chi connectivity index (χ1v) is 18.6. The van der Waals surface area contributed by atoms with Gasteiger partial charge in [-0.3, -0.25) is 4.79 Å². The number of carbonyl (C=O) groups excluding carboxylic acids is 1. The molecule has 27 heteroatoms. The van der Waals surface area contributed by atoms with Gasteiger partial charge in [0, 0.05) is 6.92 Å². The third-order valence-corrected chi connectivity index (χ3v) is 10.7. The van der Waals surface area contributed by atoms with Crippen molar-refractivity contribution in [3.8, 4) is 0 Å². The minimum Gasteiger partial charge on any atom is -0.394 e. The van der Waals surface area contributed by atoms with Crippen LogP contribution in [0.25, 0.3) is 0 Å². The number of aliphatic hydroxyl groups is 16. The third-order valence-electron chi connectivity index (χ3n) is 10.7. The molecular weight excluding hydrogens is 814 g/mol. The number of aliphatic hydroxyl groups excluding tert-OH is 16. The second kappa shape index (κ2) is 20.8. The van der Waals surface area contributed by atoms with Gasteiger partial charge in [-0.05, 0) is 0 Å². The summed E-state index contributed by atoms with van der Waals surface area (Å²) in [6.45, 7) is -3.58. The lowest BCUT2D eigenvalue weighted by Gasteiger charge is -2.50. The minimum atomic E-state index is -2.15. The van der Waals surface area contributed by atoms with Crippen LogP contribution in [0.2, 0.25) is 0 Å². The number of amides is 1. The molecule has 0 bridgehead atoms. The van der Waals surface area contributed by atoms with Crippen LogP contribution in [-0.2, 0) is 47.4 Å². The van der Waals surface area contributed by atoms with E-state index in [1.165, 1.54) is 0 Å². The highest BCUT2D eigenvalue weighted by Gasteiger charge is 2.57. The van der Waals surface area contributed by atoms with Crippen LogP contribution in [-0.4, -0.2) is 274 Å².